The molecule has 2 aromatic carbocycles. The van der Waals surface area contributed by atoms with Gasteiger partial charge in [0.15, 0.2) is 0 Å². The molecule has 0 aliphatic heterocycles. The summed E-state index contributed by atoms with van der Waals surface area (Å²) in [4.78, 5) is 0. The maximum absolute atomic E-state index is 13.0. The maximum atomic E-state index is 13.0. The first-order valence-electron chi connectivity index (χ1n) is 5.83. The average Bonchev–Trinajstić information content (AvgIpc) is 2.38. The summed E-state index contributed by atoms with van der Waals surface area (Å²) in [7, 11) is 0. The predicted octanol–water partition coefficient (Wildman–Crippen LogP) is 4.49. The van der Waals surface area contributed by atoms with Gasteiger partial charge in [-0.25, -0.2) is 4.39 Å². The summed E-state index contributed by atoms with van der Waals surface area (Å²) < 4.78 is 13.0. The first-order chi connectivity index (χ1) is 8.69. The Hall–Kier alpha value is -1.54. The Morgan fingerprint density at radius 3 is 2.44 bits per heavy atom. The Morgan fingerprint density at radius 2 is 1.83 bits per heavy atom. The molecule has 2 rings (SSSR count). The first kappa shape index (κ1) is 12.9. The molecule has 94 valence electrons. The second kappa shape index (κ2) is 5.87. The number of rotatable bonds is 4. The molecule has 0 bridgehead atoms. The van der Waals surface area contributed by atoms with Gasteiger partial charge in [0, 0.05) is 18.1 Å². The van der Waals surface area contributed by atoms with E-state index in [0.717, 1.165) is 22.4 Å². The lowest BCUT2D eigenvalue weighted by Crippen LogP contribution is -2.01. The van der Waals surface area contributed by atoms with E-state index in [0.29, 0.717) is 12.4 Å². The molecule has 18 heavy (non-hydrogen) atoms. The van der Waals surface area contributed by atoms with Crippen LogP contribution in [0.15, 0.2) is 42.5 Å². The summed E-state index contributed by atoms with van der Waals surface area (Å²) >= 11 is 5.73. The van der Waals surface area contributed by atoms with E-state index >= 15 is 0 Å². The second-order valence-electron chi connectivity index (χ2n) is 4.25. The van der Waals surface area contributed by atoms with Crippen molar-refractivity contribution in [3.63, 3.8) is 0 Å². The molecule has 0 saturated heterocycles. The van der Waals surface area contributed by atoms with E-state index in [4.69, 9.17) is 11.6 Å². The Morgan fingerprint density at radius 1 is 1.11 bits per heavy atom. The Labute approximate surface area is 112 Å². The van der Waals surface area contributed by atoms with E-state index in [1.54, 1.807) is 6.07 Å². The van der Waals surface area contributed by atoms with Crippen molar-refractivity contribution in [2.24, 2.45) is 0 Å². The highest BCUT2D eigenvalue weighted by Crippen LogP contribution is 2.15. The van der Waals surface area contributed by atoms with Crippen LogP contribution >= 0.6 is 11.6 Å². The fourth-order valence-corrected chi connectivity index (χ4v) is 1.94. The van der Waals surface area contributed by atoms with Crippen molar-refractivity contribution in [1.82, 2.24) is 0 Å². The van der Waals surface area contributed by atoms with Crippen LogP contribution in [0.2, 0.25) is 0 Å². The molecule has 0 spiro atoms. The summed E-state index contributed by atoms with van der Waals surface area (Å²) in [6, 6.07) is 12.8. The number of hydrogen-bond acceptors (Lipinski definition) is 1. The zero-order valence-corrected chi connectivity index (χ0v) is 11.0. The normalized spacial score (nSPS) is 10.4. The van der Waals surface area contributed by atoms with Crippen LogP contribution in [0.25, 0.3) is 0 Å². The van der Waals surface area contributed by atoms with Crippen molar-refractivity contribution in [2.45, 2.75) is 19.3 Å². The number of benzene rings is 2. The number of anilines is 1. The number of halogens is 2. The monoisotopic (exact) mass is 263 g/mol. The van der Waals surface area contributed by atoms with E-state index in [-0.39, 0.29) is 5.82 Å². The second-order valence-corrected chi connectivity index (χ2v) is 4.52. The van der Waals surface area contributed by atoms with Crippen LogP contribution in [-0.2, 0) is 12.4 Å². The van der Waals surface area contributed by atoms with Crippen LogP contribution < -0.4 is 5.32 Å². The average molecular weight is 264 g/mol. The van der Waals surface area contributed by atoms with Gasteiger partial charge in [0.1, 0.15) is 5.82 Å². The molecule has 0 aliphatic rings. The molecule has 0 unspecified atom stereocenters. The molecular weight excluding hydrogens is 249 g/mol. The molecule has 0 heterocycles. The molecule has 3 heteroatoms. The summed E-state index contributed by atoms with van der Waals surface area (Å²) in [6.07, 6.45) is 0. The fourth-order valence-electron chi connectivity index (χ4n) is 1.77. The summed E-state index contributed by atoms with van der Waals surface area (Å²) in [5.41, 5.74) is 4.19. The molecule has 0 aromatic heterocycles. The van der Waals surface area contributed by atoms with Gasteiger partial charge in [-0.1, -0.05) is 18.2 Å². The Balaban J connectivity index is 2.02. The van der Waals surface area contributed by atoms with Gasteiger partial charge in [-0.05, 0) is 47.9 Å². The van der Waals surface area contributed by atoms with Gasteiger partial charge in [0.25, 0.3) is 0 Å². The number of nitrogens with one attached hydrogen (secondary N) is 1. The van der Waals surface area contributed by atoms with Gasteiger partial charge in [-0.15, -0.1) is 11.6 Å². The van der Waals surface area contributed by atoms with Gasteiger partial charge >= 0.3 is 0 Å². The quantitative estimate of drug-likeness (QED) is 0.802. The lowest BCUT2D eigenvalue weighted by atomic mass is 10.1. The highest BCUT2D eigenvalue weighted by molar-refractivity contribution is 6.17. The van der Waals surface area contributed by atoms with Crippen molar-refractivity contribution >= 4 is 17.3 Å². The lowest BCUT2D eigenvalue weighted by molar-refractivity contribution is 0.625. The molecular formula is C15H15ClFN. The minimum atomic E-state index is -0.192. The maximum Gasteiger partial charge on any atom is 0.123 e. The van der Waals surface area contributed by atoms with Crippen LogP contribution in [0.3, 0.4) is 0 Å². The van der Waals surface area contributed by atoms with Crippen LogP contribution in [0, 0.1) is 12.7 Å². The molecule has 2 aromatic rings. The third-order valence-corrected chi connectivity index (χ3v) is 3.20. The topological polar surface area (TPSA) is 12.0 Å². The van der Waals surface area contributed by atoms with Crippen LogP contribution in [0.5, 0.6) is 0 Å². The van der Waals surface area contributed by atoms with E-state index in [9.17, 15) is 4.39 Å². The first-order valence-corrected chi connectivity index (χ1v) is 6.36. The van der Waals surface area contributed by atoms with Crippen molar-refractivity contribution in [1.29, 1.82) is 0 Å². The number of alkyl halides is 1. The van der Waals surface area contributed by atoms with E-state index in [1.165, 1.54) is 6.07 Å². The van der Waals surface area contributed by atoms with Gasteiger partial charge in [-0.2, -0.15) is 0 Å². The van der Waals surface area contributed by atoms with Gasteiger partial charge < -0.3 is 5.32 Å². The van der Waals surface area contributed by atoms with E-state index in [1.807, 2.05) is 37.3 Å². The SMILES string of the molecule is Cc1cc(F)ccc1CNc1ccc(CCl)cc1. The smallest absolute Gasteiger partial charge is 0.123 e. The molecule has 1 N–H and O–H groups in total. The summed E-state index contributed by atoms with van der Waals surface area (Å²) in [6.45, 7) is 2.60. The zero-order chi connectivity index (χ0) is 13.0. The fraction of sp³-hybridized carbons (Fsp3) is 0.200. The molecule has 0 amide bonds. The highest BCUT2D eigenvalue weighted by atomic mass is 35.5. The molecule has 0 fully saturated rings. The third kappa shape index (κ3) is 3.23. The van der Waals surface area contributed by atoms with E-state index < -0.39 is 0 Å². The van der Waals surface area contributed by atoms with Gasteiger partial charge in [-0.3, -0.25) is 0 Å². The molecule has 0 atom stereocenters. The van der Waals surface area contributed by atoms with Crippen molar-refractivity contribution in [2.75, 3.05) is 5.32 Å². The Bertz CT molecular complexity index is 523. The predicted molar refractivity (Wildman–Crippen MR) is 74.5 cm³/mol. The van der Waals surface area contributed by atoms with Crippen molar-refractivity contribution in [3.8, 4) is 0 Å². The van der Waals surface area contributed by atoms with Gasteiger partial charge in [0.2, 0.25) is 0 Å². The van der Waals surface area contributed by atoms with E-state index in [2.05, 4.69) is 5.32 Å². The Kier molecular flexibility index (Phi) is 4.21. The minimum Gasteiger partial charge on any atom is -0.381 e. The van der Waals surface area contributed by atoms with Crippen LogP contribution in [-0.4, -0.2) is 0 Å². The molecule has 0 aliphatic carbocycles. The molecule has 1 nitrogen and oxygen atoms in total. The van der Waals surface area contributed by atoms with Crippen LogP contribution in [0.4, 0.5) is 10.1 Å². The third-order valence-electron chi connectivity index (χ3n) is 2.90. The molecule has 0 saturated carbocycles. The standard InChI is InChI=1S/C15H15ClFN/c1-11-8-14(17)5-4-13(11)10-18-15-6-2-12(9-16)3-7-15/h2-8,18H,9-10H2,1H3. The van der Waals surface area contributed by atoms with Crippen molar-refractivity contribution in [3.05, 3.63) is 65.0 Å². The van der Waals surface area contributed by atoms with Gasteiger partial charge in [0.05, 0.1) is 0 Å². The number of aryl methyl sites for hydroxylation is 1. The lowest BCUT2D eigenvalue weighted by Gasteiger charge is -2.09. The molecule has 0 radical (unpaired) electrons. The highest BCUT2D eigenvalue weighted by Gasteiger charge is 2.00. The largest absolute Gasteiger partial charge is 0.381 e. The summed E-state index contributed by atoms with van der Waals surface area (Å²) in [5.74, 6) is 0.333. The minimum absolute atomic E-state index is 0.192. The van der Waals surface area contributed by atoms with Crippen LogP contribution in [0.1, 0.15) is 16.7 Å². The van der Waals surface area contributed by atoms with Crippen molar-refractivity contribution < 1.29 is 4.39 Å². The summed E-state index contributed by atoms with van der Waals surface area (Å²) in [5, 5.41) is 3.31. The number of hydrogen-bond donors (Lipinski definition) is 1. The zero-order valence-electron chi connectivity index (χ0n) is 10.2.